The van der Waals surface area contributed by atoms with Crippen molar-refractivity contribution in [3.8, 4) is 34.0 Å². The monoisotopic (exact) mass is 941 g/mol. The summed E-state index contributed by atoms with van der Waals surface area (Å²) < 4.78 is 4.66. The summed E-state index contributed by atoms with van der Waals surface area (Å²) in [6, 6.07) is 92.4. The molecule has 74 heavy (non-hydrogen) atoms. The van der Waals surface area contributed by atoms with Gasteiger partial charge in [0, 0.05) is 32.5 Å². The number of aromatic nitrogens is 5. The van der Waals surface area contributed by atoms with E-state index in [2.05, 4.69) is 240 Å². The van der Waals surface area contributed by atoms with Crippen molar-refractivity contribution in [3.63, 3.8) is 0 Å². The molecule has 344 valence electrons. The number of hydrogen-bond donors (Lipinski definition) is 0. The van der Waals surface area contributed by atoms with Crippen LogP contribution in [0.4, 0.5) is 0 Å². The highest BCUT2D eigenvalue weighted by molar-refractivity contribution is 6.30. The summed E-state index contributed by atoms with van der Waals surface area (Å²) >= 11 is 0. The van der Waals surface area contributed by atoms with Crippen LogP contribution in [0, 0.1) is 0 Å². The molecule has 5 nitrogen and oxygen atoms in total. The van der Waals surface area contributed by atoms with E-state index in [-0.39, 0.29) is 0 Å². The topological polar surface area (TPSA) is 48.5 Å². The number of benzene rings is 12. The Balaban J connectivity index is 0.000000131. The Hall–Kier alpha value is -9.97. The minimum atomic E-state index is 0.843. The molecule has 0 unspecified atom stereocenters. The van der Waals surface area contributed by atoms with Gasteiger partial charge in [0.25, 0.3) is 0 Å². The number of fused-ring (bicyclic) bond motifs is 16. The highest BCUT2D eigenvalue weighted by Crippen LogP contribution is 2.44. The molecular weight excluding hydrogens is 899 g/mol. The van der Waals surface area contributed by atoms with Crippen LogP contribution in [-0.2, 0) is 0 Å². The van der Waals surface area contributed by atoms with Crippen molar-refractivity contribution in [2.24, 2.45) is 0 Å². The molecule has 0 bridgehead atoms. The lowest BCUT2D eigenvalue weighted by Crippen LogP contribution is -2.03. The van der Waals surface area contributed by atoms with E-state index in [0.29, 0.717) is 0 Å². The smallest absolute Gasteiger partial charge is 0.165 e. The molecule has 0 N–H and O–H groups in total. The van der Waals surface area contributed by atoms with Gasteiger partial charge in [-0.1, -0.05) is 212 Å². The number of rotatable bonds is 4. The van der Waals surface area contributed by atoms with E-state index in [1.807, 2.05) is 30.3 Å². The van der Waals surface area contributed by atoms with Crippen LogP contribution in [0.5, 0.6) is 0 Å². The van der Waals surface area contributed by atoms with Crippen LogP contribution in [0.15, 0.2) is 261 Å². The molecule has 5 heteroatoms. The van der Waals surface area contributed by atoms with Crippen molar-refractivity contribution < 1.29 is 0 Å². The zero-order valence-electron chi connectivity index (χ0n) is 40.1. The van der Waals surface area contributed by atoms with Gasteiger partial charge in [-0.3, -0.25) is 9.13 Å². The lowest BCUT2D eigenvalue weighted by molar-refractivity contribution is 1.08. The molecule has 4 aromatic heterocycles. The van der Waals surface area contributed by atoms with Crippen molar-refractivity contribution in [1.29, 1.82) is 0 Å². The van der Waals surface area contributed by atoms with Gasteiger partial charge in [0.1, 0.15) is 11.5 Å². The lowest BCUT2D eigenvalue weighted by atomic mass is 10.00. The Morgan fingerprint density at radius 2 is 0.622 bits per heavy atom. The van der Waals surface area contributed by atoms with Crippen molar-refractivity contribution in [1.82, 2.24) is 24.1 Å². The highest BCUT2D eigenvalue weighted by Gasteiger charge is 2.23. The zero-order chi connectivity index (χ0) is 48.7. The average molecular weight is 942 g/mol. The van der Waals surface area contributed by atoms with Crippen molar-refractivity contribution >= 4 is 109 Å². The van der Waals surface area contributed by atoms with E-state index < -0.39 is 0 Å². The first-order valence-corrected chi connectivity index (χ1v) is 25.2. The second kappa shape index (κ2) is 16.8. The van der Waals surface area contributed by atoms with Crippen LogP contribution in [-0.4, -0.2) is 24.1 Å². The molecule has 0 spiro atoms. The minimum Gasteiger partial charge on any atom is -0.294 e. The molecule has 0 atom stereocenters. The summed E-state index contributed by atoms with van der Waals surface area (Å²) in [5.74, 6) is 1.78. The normalized spacial score (nSPS) is 11.8. The van der Waals surface area contributed by atoms with Gasteiger partial charge in [-0.05, 0) is 103 Å². The van der Waals surface area contributed by atoms with Crippen LogP contribution in [0.1, 0.15) is 0 Å². The molecule has 4 heterocycles. The van der Waals surface area contributed by atoms with Gasteiger partial charge in [0.15, 0.2) is 5.82 Å². The van der Waals surface area contributed by atoms with Crippen LogP contribution >= 0.6 is 0 Å². The van der Waals surface area contributed by atoms with E-state index in [1.165, 1.54) is 86.8 Å². The molecule has 0 amide bonds. The Bertz CT molecular complexity index is 4710. The first-order chi connectivity index (χ1) is 36.7. The van der Waals surface area contributed by atoms with Crippen LogP contribution in [0.3, 0.4) is 0 Å². The van der Waals surface area contributed by atoms with Gasteiger partial charge in [0.2, 0.25) is 0 Å². The standard InChI is InChI=1S/C35H22N2.C34H21N3/c1-2-10-23(11-3-1)29-22-33(36-30-17-9-8-16-28(29)30)37-31-20-18-24-12-4-6-14-26(24)34(31)35-27-15-7-5-13-25(27)19-21-32(35)37;1-2-12-24(13-3-1)33-34(36-28-17-9-8-16-27(28)35-33)37-29-20-18-22-10-4-6-14-25(22)31(29)32-26-15-7-5-11-23(26)19-21-30(32)37/h1-22H;1-21H. The fourth-order valence-corrected chi connectivity index (χ4v) is 11.6. The van der Waals surface area contributed by atoms with E-state index in [4.69, 9.17) is 15.0 Å². The van der Waals surface area contributed by atoms with Crippen molar-refractivity contribution in [2.75, 3.05) is 0 Å². The fourth-order valence-electron chi connectivity index (χ4n) is 11.6. The van der Waals surface area contributed by atoms with Crippen molar-refractivity contribution in [3.05, 3.63) is 261 Å². The van der Waals surface area contributed by atoms with Gasteiger partial charge in [-0.25, -0.2) is 15.0 Å². The van der Waals surface area contributed by atoms with E-state index >= 15 is 0 Å². The first-order valence-electron chi connectivity index (χ1n) is 25.2. The molecule has 0 aliphatic carbocycles. The maximum atomic E-state index is 5.25. The summed E-state index contributed by atoms with van der Waals surface area (Å²) in [6.45, 7) is 0. The van der Waals surface area contributed by atoms with E-state index in [1.54, 1.807) is 0 Å². The number of para-hydroxylation sites is 3. The Labute approximate surface area is 425 Å². The molecule has 0 fully saturated rings. The van der Waals surface area contributed by atoms with E-state index in [9.17, 15) is 0 Å². The second-order valence-electron chi connectivity index (χ2n) is 19.1. The SMILES string of the molecule is c1ccc(-c2cc(-n3c4ccc5ccccc5c4c4c5ccccc5ccc43)nc3ccccc23)cc1.c1ccc(-c2nc3ccccc3nc2-n2c3ccc4ccccc4c3c3c4ccccc4ccc32)cc1. The van der Waals surface area contributed by atoms with Gasteiger partial charge >= 0.3 is 0 Å². The molecule has 0 aliphatic heterocycles. The summed E-state index contributed by atoms with van der Waals surface area (Å²) in [6.07, 6.45) is 0. The third-order valence-corrected chi connectivity index (χ3v) is 14.9. The molecule has 0 radical (unpaired) electrons. The number of hydrogen-bond acceptors (Lipinski definition) is 3. The molecule has 16 aromatic rings. The maximum Gasteiger partial charge on any atom is 0.165 e. The second-order valence-corrected chi connectivity index (χ2v) is 19.1. The molecule has 16 rings (SSSR count). The predicted molar refractivity (Wildman–Crippen MR) is 311 cm³/mol. The lowest BCUT2D eigenvalue weighted by Gasteiger charge is -2.14. The van der Waals surface area contributed by atoms with E-state index in [0.717, 1.165) is 55.9 Å². The quantitative estimate of drug-likeness (QED) is 0.177. The van der Waals surface area contributed by atoms with Gasteiger partial charge in [-0.2, -0.15) is 0 Å². The third-order valence-electron chi connectivity index (χ3n) is 14.9. The summed E-state index contributed by atoms with van der Waals surface area (Å²) in [4.78, 5) is 15.6. The largest absolute Gasteiger partial charge is 0.294 e. The predicted octanol–water partition coefficient (Wildman–Crippen LogP) is 18.0. The van der Waals surface area contributed by atoms with Gasteiger partial charge in [0.05, 0.1) is 38.6 Å². The molecule has 0 aliphatic rings. The third kappa shape index (κ3) is 6.53. The van der Waals surface area contributed by atoms with Crippen LogP contribution in [0.25, 0.3) is 143 Å². The Morgan fingerprint density at radius 3 is 1.09 bits per heavy atom. The fraction of sp³-hybridized carbons (Fsp3) is 0. The summed E-state index contributed by atoms with van der Waals surface area (Å²) in [5, 5.41) is 16.2. The molecular formula is C69H43N5. The highest BCUT2D eigenvalue weighted by atomic mass is 15.1. The van der Waals surface area contributed by atoms with Crippen LogP contribution < -0.4 is 0 Å². The van der Waals surface area contributed by atoms with Gasteiger partial charge < -0.3 is 0 Å². The Morgan fingerprint density at radius 1 is 0.257 bits per heavy atom. The molecule has 12 aromatic carbocycles. The van der Waals surface area contributed by atoms with Crippen molar-refractivity contribution in [2.45, 2.75) is 0 Å². The minimum absolute atomic E-state index is 0.843. The number of nitrogens with zero attached hydrogens (tertiary/aromatic N) is 5. The summed E-state index contributed by atoms with van der Waals surface area (Å²) in [7, 11) is 0. The Kier molecular flexibility index (Phi) is 9.50. The van der Waals surface area contributed by atoms with Gasteiger partial charge in [-0.15, -0.1) is 0 Å². The zero-order valence-corrected chi connectivity index (χ0v) is 40.1. The summed E-state index contributed by atoms with van der Waals surface area (Å²) in [5.41, 5.74) is 11.7. The first kappa shape index (κ1) is 41.8. The van der Waals surface area contributed by atoms with Crippen LogP contribution in [0.2, 0.25) is 0 Å². The number of pyridine rings is 1. The average Bonchev–Trinajstić information content (AvgIpc) is 4.07. The maximum absolute atomic E-state index is 5.25. The molecule has 0 saturated carbocycles. The molecule has 0 saturated heterocycles.